The molecule has 4 nitrogen and oxygen atoms in total. The van der Waals surface area contributed by atoms with Crippen LogP contribution in [0.3, 0.4) is 0 Å². The minimum atomic E-state index is -1.18. The van der Waals surface area contributed by atoms with E-state index in [0.717, 1.165) is 12.8 Å². The van der Waals surface area contributed by atoms with Crippen LogP contribution >= 0.6 is 0 Å². The van der Waals surface area contributed by atoms with Gasteiger partial charge in [0.2, 0.25) is 5.95 Å². The lowest BCUT2D eigenvalue weighted by atomic mass is 10.1. The molecular weight excluding hydrogens is 255 g/mol. The molecule has 1 aromatic carbocycles. The van der Waals surface area contributed by atoms with Gasteiger partial charge in [0.05, 0.1) is 6.04 Å². The van der Waals surface area contributed by atoms with Crippen molar-refractivity contribution < 1.29 is 4.39 Å². The molecule has 104 valence electrons. The second kappa shape index (κ2) is 5.15. The minimum absolute atomic E-state index is 0.171. The van der Waals surface area contributed by atoms with E-state index in [2.05, 4.69) is 45.4 Å². The Morgan fingerprint density at radius 1 is 1.35 bits per heavy atom. The third-order valence-corrected chi connectivity index (χ3v) is 3.63. The number of hydrogen-bond acceptors (Lipinski definition) is 4. The van der Waals surface area contributed by atoms with E-state index in [9.17, 15) is 4.39 Å². The summed E-state index contributed by atoms with van der Waals surface area (Å²) in [5.41, 5.74) is 3.90. The number of hydrogen-bond donors (Lipinski definition) is 1. The molecule has 3 rings (SSSR count). The molecule has 2 atom stereocenters. The number of nitrogens with zero attached hydrogens (tertiary/aromatic N) is 3. The van der Waals surface area contributed by atoms with Gasteiger partial charge in [-0.25, -0.2) is 14.4 Å². The predicted octanol–water partition coefficient (Wildman–Crippen LogP) is 3.31. The van der Waals surface area contributed by atoms with Crippen LogP contribution in [0.25, 0.3) is 0 Å². The summed E-state index contributed by atoms with van der Waals surface area (Å²) in [6.07, 6.45) is 2.22. The standard InChI is InChI=1S/C15H17FN4/c1-9-3-4-11-5-6-13(12(11)7-9)19-15-18-8-17-14(20-15)10(2)16/h3-4,7-8,10,13H,5-6H2,1-2H3,(H,17,18,19,20)/t10-,13-/m1/s1. The first kappa shape index (κ1) is 13.0. The zero-order valence-electron chi connectivity index (χ0n) is 11.6. The van der Waals surface area contributed by atoms with E-state index in [1.807, 2.05) is 0 Å². The monoisotopic (exact) mass is 272 g/mol. The van der Waals surface area contributed by atoms with Crippen LogP contribution < -0.4 is 5.32 Å². The highest BCUT2D eigenvalue weighted by atomic mass is 19.1. The van der Waals surface area contributed by atoms with Crippen molar-refractivity contribution in [2.75, 3.05) is 5.32 Å². The molecule has 0 unspecified atom stereocenters. The van der Waals surface area contributed by atoms with Gasteiger partial charge < -0.3 is 5.32 Å². The van der Waals surface area contributed by atoms with Crippen molar-refractivity contribution >= 4 is 5.95 Å². The van der Waals surface area contributed by atoms with Gasteiger partial charge >= 0.3 is 0 Å². The fraction of sp³-hybridized carbons (Fsp3) is 0.400. The van der Waals surface area contributed by atoms with Gasteiger partial charge in [-0.05, 0) is 37.8 Å². The summed E-state index contributed by atoms with van der Waals surface area (Å²) in [5, 5.41) is 3.29. The molecule has 0 fully saturated rings. The van der Waals surface area contributed by atoms with Crippen molar-refractivity contribution in [2.24, 2.45) is 0 Å². The smallest absolute Gasteiger partial charge is 0.226 e. The Morgan fingerprint density at radius 3 is 3.00 bits per heavy atom. The molecule has 1 aliphatic carbocycles. The van der Waals surface area contributed by atoms with Crippen molar-refractivity contribution in [1.29, 1.82) is 0 Å². The predicted molar refractivity (Wildman–Crippen MR) is 75.2 cm³/mol. The summed E-state index contributed by atoms with van der Waals surface area (Å²) in [5.74, 6) is 0.615. The Bertz CT molecular complexity index is 627. The maximum atomic E-state index is 13.2. The first-order chi connectivity index (χ1) is 9.63. The van der Waals surface area contributed by atoms with Crippen molar-refractivity contribution in [2.45, 2.75) is 38.9 Å². The molecule has 1 aliphatic rings. The number of anilines is 1. The van der Waals surface area contributed by atoms with Crippen molar-refractivity contribution in [1.82, 2.24) is 15.0 Å². The highest BCUT2D eigenvalue weighted by Crippen LogP contribution is 2.33. The molecule has 1 N–H and O–H groups in total. The Kier molecular flexibility index (Phi) is 3.34. The first-order valence-electron chi connectivity index (χ1n) is 6.82. The molecule has 0 amide bonds. The molecule has 20 heavy (non-hydrogen) atoms. The molecule has 0 bridgehead atoms. The third kappa shape index (κ3) is 2.48. The number of aryl methyl sites for hydroxylation is 2. The van der Waals surface area contributed by atoms with Crippen LogP contribution in [0.5, 0.6) is 0 Å². The van der Waals surface area contributed by atoms with Gasteiger partial charge in [0.25, 0.3) is 0 Å². The van der Waals surface area contributed by atoms with Gasteiger partial charge in [-0.2, -0.15) is 4.98 Å². The van der Waals surface area contributed by atoms with Crippen molar-refractivity contribution in [3.05, 3.63) is 47.0 Å². The normalized spacial score (nSPS) is 18.6. The van der Waals surface area contributed by atoms with Gasteiger partial charge in [-0.3, -0.25) is 0 Å². The summed E-state index contributed by atoms with van der Waals surface area (Å²) >= 11 is 0. The van der Waals surface area contributed by atoms with Crippen LogP contribution in [-0.2, 0) is 6.42 Å². The summed E-state index contributed by atoms with van der Waals surface area (Å²) in [6, 6.07) is 6.69. The van der Waals surface area contributed by atoms with Crippen LogP contribution in [0.1, 0.15) is 48.1 Å². The summed E-state index contributed by atoms with van der Waals surface area (Å²) < 4.78 is 13.2. The van der Waals surface area contributed by atoms with E-state index in [1.54, 1.807) is 0 Å². The fourth-order valence-corrected chi connectivity index (χ4v) is 2.60. The second-order valence-electron chi connectivity index (χ2n) is 5.22. The Morgan fingerprint density at radius 2 is 2.20 bits per heavy atom. The lowest BCUT2D eigenvalue weighted by Crippen LogP contribution is -2.11. The lowest BCUT2D eigenvalue weighted by molar-refractivity contribution is 0.355. The highest BCUT2D eigenvalue weighted by molar-refractivity contribution is 5.42. The average Bonchev–Trinajstić information content (AvgIpc) is 2.82. The Hall–Kier alpha value is -2.04. The van der Waals surface area contributed by atoms with E-state index in [1.165, 1.54) is 29.9 Å². The van der Waals surface area contributed by atoms with E-state index >= 15 is 0 Å². The van der Waals surface area contributed by atoms with Crippen LogP contribution in [-0.4, -0.2) is 15.0 Å². The van der Waals surface area contributed by atoms with E-state index in [-0.39, 0.29) is 11.9 Å². The number of fused-ring (bicyclic) bond motifs is 1. The third-order valence-electron chi connectivity index (χ3n) is 3.63. The van der Waals surface area contributed by atoms with Crippen molar-refractivity contribution in [3.63, 3.8) is 0 Å². The van der Waals surface area contributed by atoms with Crippen molar-refractivity contribution in [3.8, 4) is 0 Å². The number of alkyl halides is 1. The van der Waals surface area contributed by atoms with Gasteiger partial charge in [-0.1, -0.05) is 23.8 Å². The first-order valence-corrected chi connectivity index (χ1v) is 6.82. The number of nitrogens with one attached hydrogen (secondary N) is 1. The average molecular weight is 272 g/mol. The maximum absolute atomic E-state index is 13.2. The summed E-state index contributed by atoms with van der Waals surface area (Å²) in [7, 11) is 0. The van der Waals surface area contributed by atoms with Crippen LogP contribution in [0.15, 0.2) is 24.5 Å². The number of halogens is 1. The zero-order valence-corrected chi connectivity index (χ0v) is 11.6. The molecule has 0 spiro atoms. The summed E-state index contributed by atoms with van der Waals surface area (Å²) in [4.78, 5) is 12.0. The highest BCUT2D eigenvalue weighted by Gasteiger charge is 2.23. The maximum Gasteiger partial charge on any atom is 0.226 e. The van der Waals surface area contributed by atoms with E-state index < -0.39 is 6.17 Å². The molecular formula is C15H17FN4. The molecule has 1 aromatic heterocycles. The van der Waals surface area contributed by atoms with Gasteiger partial charge in [0, 0.05) is 0 Å². The SMILES string of the molecule is Cc1ccc2c(c1)[C@H](Nc1ncnc([C@@H](C)F)n1)CC2. The Balaban J connectivity index is 1.83. The van der Waals surface area contributed by atoms with E-state index in [0.29, 0.717) is 5.95 Å². The molecule has 0 radical (unpaired) electrons. The van der Waals surface area contributed by atoms with E-state index in [4.69, 9.17) is 0 Å². The lowest BCUT2D eigenvalue weighted by Gasteiger charge is -2.14. The molecule has 1 heterocycles. The number of aromatic nitrogens is 3. The quantitative estimate of drug-likeness (QED) is 0.931. The molecule has 0 aliphatic heterocycles. The zero-order chi connectivity index (χ0) is 14.1. The second-order valence-corrected chi connectivity index (χ2v) is 5.22. The molecule has 2 aromatic rings. The molecule has 5 heteroatoms. The van der Waals surface area contributed by atoms with Gasteiger partial charge in [0.15, 0.2) is 12.0 Å². The largest absolute Gasteiger partial charge is 0.347 e. The fourth-order valence-electron chi connectivity index (χ4n) is 2.60. The molecule has 0 saturated heterocycles. The van der Waals surface area contributed by atoms with Crippen LogP contribution in [0, 0.1) is 6.92 Å². The Labute approximate surface area is 117 Å². The van der Waals surface area contributed by atoms with Crippen LogP contribution in [0.4, 0.5) is 10.3 Å². The van der Waals surface area contributed by atoms with Crippen LogP contribution in [0.2, 0.25) is 0 Å². The van der Waals surface area contributed by atoms with Gasteiger partial charge in [-0.15, -0.1) is 0 Å². The minimum Gasteiger partial charge on any atom is -0.347 e. The topological polar surface area (TPSA) is 50.7 Å². The number of rotatable bonds is 3. The summed E-state index contributed by atoms with van der Waals surface area (Å²) in [6.45, 7) is 3.51. The molecule has 0 saturated carbocycles. The van der Waals surface area contributed by atoms with Gasteiger partial charge in [0.1, 0.15) is 6.33 Å². The number of benzene rings is 1.